The molecule has 7 heteroatoms. The van der Waals surface area contributed by atoms with Gasteiger partial charge in [-0.25, -0.2) is 0 Å². The lowest BCUT2D eigenvalue weighted by Crippen LogP contribution is -2.59. The molecule has 0 spiro atoms. The Morgan fingerprint density at radius 1 is 1.67 bits per heavy atom. The highest BCUT2D eigenvalue weighted by Gasteiger charge is 2.40. The van der Waals surface area contributed by atoms with Crippen molar-refractivity contribution in [1.82, 2.24) is 16.0 Å². The van der Waals surface area contributed by atoms with Crippen LogP contribution < -0.4 is 16.0 Å². The molecule has 2 amide bonds. The fraction of sp³-hybridized carbons (Fsp3) is 0.818. The minimum atomic E-state index is -0.992. The first-order valence-electron chi connectivity index (χ1n) is 6.13. The third kappa shape index (κ3) is 2.80. The highest BCUT2D eigenvalue weighted by molar-refractivity contribution is 5.86. The molecular weight excluding hydrogens is 238 g/mol. The Bertz CT molecular complexity index is 339. The first kappa shape index (κ1) is 13.3. The van der Waals surface area contributed by atoms with E-state index in [1.54, 1.807) is 6.92 Å². The summed E-state index contributed by atoms with van der Waals surface area (Å²) in [4.78, 5) is 22.8. The van der Waals surface area contributed by atoms with Gasteiger partial charge in [-0.15, -0.1) is 0 Å². The van der Waals surface area contributed by atoms with Gasteiger partial charge in [-0.2, -0.15) is 0 Å². The molecule has 3 atom stereocenters. The fourth-order valence-electron chi connectivity index (χ4n) is 2.12. The summed E-state index contributed by atoms with van der Waals surface area (Å²) < 4.78 is 5.29. The minimum absolute atomic E-state index is 0.115. The molecule has 4 N–H and O–H groups in total. The zero-order valence-electron chi connectivity index (χ0n) is 10.4. The third-order valence-electron chi connectivity index (χ3n) is 3.56. The Kier molecular flexibility index (Phi) is 3.84. The van der Waals surface area contributed by atoms with Crippen LogP contribution in [0.3, 0.4) is 0 Å². The van der Waals surface area contributed by atoms with Crippen molar-refractivity contribution in [1.29, 1.82) is 0 Å². The van der Waals surface area contributed by atoms with Gasteiger partial charge in [0.2, 0.25) is 11.8 Å². The highest BCUT2D eigenvalue weighted by atomic mass is 16.5. The van der Waals surface area contributed by atoms with Crippen molar-refractivity contribution < 1.29 is 19.4 Å². The van der Waals surface area contributed by atoms with E-state index in [0.29, 0.717) is 13.0 Å². The van der Waals surface area contributed by atoms with Crippen molar-refractivity contribution in [2.45, 2.75) is 31.1 Å². The van der Waals surface area contributed by atoms with Crippen LogP contribution in [0.5, 0.6) is 0 Å². The molecule has 0 radical (unpaired) electrons. The molecule has 2 heterocycles. The predicted molar refractivity (Wildman–Crippen MR) is 62.8 cm³/mol. The van der Waals surface area contributed by atoms with Crippen LogP contribution in [-0.4, -0.2) is 60.9 Å². The maximum atomic E-state index is 11.8. The van der Waals surface area contributed by atoms with Crippen molar-refractivity contribution in [3.63, 3.8) is 0 Å². The number of piperazine rings is 1. The van der Waals surface area contributed by atoms with E-state index in [0.717, 1.165) is 0 Å². The molecule has 0 saturated carbocycles. The number of hydrogen-bond donors (Lipinski definition) is 4. The molecule has 0 aromatic rings. The monoisotopic (exact) mass is 257 g/mol. The van der Waals surface area contributed by atoms with Crippen LogP contribution >= 0.6 is 0 Å². The van der Waals surface area contributed by atoms with Crippen LogP contribution in [0, 0.1) is 0 Å². The maximum absolute atomic E-state index is 11.8. The van der Waals surface area contributed by atoms with Crippen LogP contribution in [-0.2, 0) is 14.3 Å². The van der Waals surface area contributed by atoms with Gasteiger partial charge in [0.1, 0.15) is 11.6 Å². The number of aliphatic hydroxyl groups is 1. The van der Waals surface area contributed by atoms with E-state index in [4.69, 9.17) is 4.74 Å². The number of rotatable bonds is 3. The second kappa shape index (κ2) is 5.21. The van der Waals surface area contributed by atoms with Gasteiger partial charge in [0, 0.05) is 26.1 Å². The van der Waals surface area contributed by atoms with Gasteiger partial charge < -0.3 is 20.5 Å². The normalized spacial score (nSPS) is 36.2. The van der Waals surface area contributed by atoms with E-state index in [9.17, 15) is 14.7 Å². The van der Waals surface area contributed by atoms with Crippen LogP contribution in [0.25, 0.3) is 0 Å². The van der Waals surface area contributed by atoms with Gasteiger partial charge in [-0.1, -0.05) is 0 Å². The number of carbonyl (C=O) groups excluding carboxylic acids is 2. The predicted octanol–water partition coefficient (Wildman–Crippen LogP) is -2.27. The molecule has 0 aromatic carbocycles. The molecule has 3 unspecified atom stereocenters. The molecule has 2 fully saturated rings. The summed E-state index contributed by atoms with van der Waals surface area (Å²) in [6.07, 6.45) is 0.236. The molecular formula is C11H19N3O4. The quantitative estimate of drug-likeness (QED) is 0.457. The van der Waals surface area contributed by atoms with Gasteiger partial charge in [0.15, 0.2) is 0 Å². The number of carbonyl (C=O) groups is 2. The maximum Gasteiger partial charge on any atom is 0.239 e. The van der Waals surface area contributed by atoms with Crippen LogP contribution in [0.4, 0.5) is 0 Å². The zero-order valence-corrected chi connectivity index (χ0v) is 10.4. The third-order valence-corrected chi connectivity index (χ3v) is 3.56. The summed E-state index contributed by atoms with van der Waals surface area (Å²) in [7, 11) is 0. The molecule has 0 bridgehead atoms. The molecule has 0 aliphatic carbocycles. The minimum Gasteiger partial charge on any atom is -0.385 e. The fourth-order valence-corrected chi connectivity index (χ4v) is 2.12. The average Bonchev–Trinajstić information content (AvgIpc) is 2.68. The Hall–Kier alpha value is -1.18. The van der Waals surface area contributed by atoms with Crippen molar-refractivity contribution in [3.05, 3.63) is 0 Å². The largest absolute Gasteiger partial charge is 0.385 e. The summed E-state index contributed by atoms with van der Waals surface area (Å²) >= 11 is 0. The molecule has 2 rings (SSSR count). The van der Waals surface area contributed by atoms with Gasteiger partial charge in [0.25, 0.3) is 0 Å². The lowest BCUT2D eigenvalue weighted by molar-refractivity contribution is -0.127. The number of hydrogen-bond acceptors (Lipinski definition) is 5. The van der Waals surface area contributed by atoms with Gasteiger partial charge in [-0.05, 0) is 6.92 Å². The van der Waals surface area contributed by atoms with Crippen molar-refractivity contribution in [2.24, 2.45) is 0 Å². The topological polar surface area (TPSA) is 99.7 Å². The number of amides is 2. The lowest BCUT2D eigenvalue weighted by Gasteiger charge is -2.28. The second-order valence-electron chi connectivity index (χ2n) is 4.82. The van der Waals surface area contributed by atoms with Gasteiger partial charge in [0.05, 0.1) is 12.6 Å². The second-order valence-corrected chi connectivity index (χ2v) is 4.82. The first-order valence-corrected chi connectivity index (χ1v) is 6.13. The Balaban J connectivity index is 1.79. The van der Waals surface area contributed by atoms with Crippen LogP contribution in [0.1, 0.15) is 13.3 Å². The van der Waals surface area contributed by atoms with E-state index in [1.807, 2.05) is 0 Å². The summed E-state index contributed by atoms with van der Waals surface area (Å²) in [5.41, 5.74) is -0.992. The summed E-state index contributed by atoms with van der Waals surface area (Å²) in [5.74, 6) is -0.335. The van der Waals surface area contributed by atoms with E-state index < -0.39 is 11.6 Å². The van der Waals surface area contributed by atoms with E-state index in [-0.39, 0.29) is 37.6 Å². The Morgan fingerprint density at radius 2 is 2.44 bits per heavy atom. The van der Waals surface area contributed by atoms with Crippen LogP contribution in [0.2, 0.25) is 0 Å². The van der Waals surface area contributed by atoms with Gasteiger partial charge in [-0.3, -0.25) is 14.9 Å². The van der Waals surface area contributed by atoms with E-state index in [2.05, 4.69) is 16.0 Å². The molecule has 2 aliphatic heterocycles. The molecule has 18 heavy (non-hydrogen) atoms. The lowest BCUT2D eigenvalue weighted by atomic mass is 9.96. The van der Waals surface area contributed by atoms with Gasteiger partial charge >= 0.3 is 0 Å². The molecule has 102 valence electrons. The van der Waals surface area contributed by atoms with Crippen molar-refractivity contribution in [2.75, 3.05) is 26.2 Å². The number of nitrogens with one attached hydrogen (secondary N) is 3. The smallest absolute Gasteiger partial charge is 0.239 e. The summed E-state index contributed by atoms with van der Waals surface area (Å²) in [6, 6.07) is -0.441. The molecule has 7 nitrogen and oxygen atoms in total. The Morgan fingerprint density at radius 3 is 3.00 bits per heavy atom. The average molecular weight is 257 g/mol. The first-order chi connectivity index (χ1) is 8.51. The highest BCUT2D eigenvalue weighted by Crippen LogP contribution is 2.24. The number of ether oxygens (including phenoxy) is 1. The van der Waals surface area contributed by atoms with E-state index >= 15 is 0 Å². The molecule has 2 saturated heterocycles. The standard InChI is InChI=1S/C11H19N3O4/c1-7-11(17,2-3-18-7)6-14-10(16)8-4-13-9(15)5-12-8/h7-8,12,17H,2-6H2,1H3,(H,13,15)(H,14,16). The SMILES string of the molecule is CC1OCCC1(O)CNC(=O)C1CNC(=O)CN1. The van der Waals surface area contributed by atoms with Crippen LogP contribution in [0.15, 0.2) is 0 Å². The Labute approximate surface area is 105 Å². The van der Waals surface area contributed by atoms with Crippen molar-refractivity contribution >= 4 is 11.8 Å². The molecule has 0 aromatic heterocycles. The zero-order chi connectivity index (χ0) is 13.2. The summed E-state index contributed by atoms with van der Waals surface area (Å²) in [5, 5.41) is 18.4. The van der Waals surface area contributed by atoms with Crippen molar-refractivity contribution in [3.8, 4) is 0 Å². The van der Waals surface area contributed by atoms with E-state index in [1.165, 1.54) is 0 Å². The summed E-state index contributed by atoms with van der Waals surface area (Å²) in [6.45, 7) is 2.87. The molecule has 2 aliphatic rings.